The van der Waals surface area contributed by atoms with Crippen molar-refractivity contribution in [2.75, 3.05) is 9.80 Å². The summed E-state index contributed by atoms with van der Waals surface area (Å²) in [7, 11) is 0. The first-order valence-electron chi connectivity index (χ1n) is 31.3. The molecular weight excluding hydrogens is 1040 g/mol. The van der Waals surface area contributed by atoms with Crippen molar-refractivity contribution in [3.05, 3.63) is 312 Å². The highest BCUT2D eigenvalue weighted by molar-refractivity contribution is 5.89. The number of benzene rings is 8. The van der Waals surface area contributed by atoms with Gasteiger partial charge in [-0.25, -0.2) is 0 Å². The second kappa shape index (κ2) is 32.5. The molecule has 0 fully saturated rings. The third kappa shape index (κ3) is 14.8. The van der Waals surface area contributed by atoms with Gasteiger partial charge in [-0.2, -0.15) is 0 Å². The Bertz CT molecular complexity index is 3300. The number of allylic oxidation sites excluding steroid dienone is 8. The van der Waals surface area contributed by atoms with Crippen LogP contribution in [-0.4, -0.2) is 0 Å². The maximum atomic E-state index is 3.66. The van der Waals surface area contributed by atoms with Gasteiger partial charge in [-0.3, -0.25) is 0 Å². The van der Waals surface area contributed by atoms with E-state index in [0.29, 0.717) is 0 Å². The number of fused-ring (bicyclic) bond motifs is 7. The van der Waals surface area contributed by atoms with Crippen LogP contribution in [0.3, 0.4) is 0 Å². The van der Waals surface area contributed by atoms with Crippen molar-refractivity contribution in [2.24, 2.45) is 0 Å². The highest BCUT2D eigenvalue weighted by Crippen LogP contribution is 2.55. The number of para-hydroxylation sites is 4. The van der Waals surface area contributed by atoms with E-state index in [-0.39, 0.29) is 16.2 Å². The van der Waals surface area contributed by atoms with Gasteiger partial charge in [0.25, 0.3) is 0 Å². The van der Waals surface area contributed by atoms with Crippen LogP contribution in [0, 0.1) is 0 Å². The summed E-state index contributed by atoms with van der Waals surface area (Å²) in [5, 5.41) is 0. The molecule has 11 rings (SSSR count). The zero-order chi connectivity index (χ0) is 63.0. The van der Waals surface area contributed by atoms with Gasteiger partial charge < -0.3 is 9.80 Å². The third-order valence-electron chi connectivity index (χ3n) is 16.1. The fourth-order valence-electron chi connectivity index (χ4n) is 11.9. The highest BCUT2D eigenvalue weighted by atomic mass is 15.2. The summed E-state index contributed by atoms with van der Waals surface area (Å²) in [4.78, 5) is 4.84. The molecule has 0 amide bonds. The molecule has 0 radical (unpaired) electrons. The quantitative estimate of drug-likeness (QED) is 0.0941. The van der Waals surface area contributed by atoms with Crippen LogP contribution >= 0.6 is 0 Å². The number of nitrogens with zero attached hydrogens (tertiary/aromatic N) is 2. The lowest BCUT2D eigenvalue weighted by atomic mass is 9.73. The van der Waals surface area contributed by atoms with E-state index in [0.717, 1.165) is 18.4 Å². The molecule has 0 aromatic heterocycles. The number of anilines is 6. The molecule has 86 heavy (non-hydrogen) atoms. The van der Waals surface area contributed by atoms with Crippen LogP contribution in [-0.2, 0) is 16.2 Å². The van der Waals surface area contributed by atoms with Crippen LogP contribution in [0.2, 0.25) is 0 Å². The van der Waals surface area contributed by atoms with Crippen molar-refractivity contribution in [3.63, 3.8) is 0 Å². The van der Waals surface area contributed by atoms with Crippen molar-refractivity contribution in [3.8, 4) is 11.1 Å². The first kappa shape index (κ1) is 68.1. The topological polar surface area (TPSA) is 6.48 Å². The second-order valence-electron chi connectivity index (χ2n) is 21.8. The standard InChI is InChI=1S/C63H56N2.C6H10.C5H8.C4H6.3C2H6/c1-7-63(8-2)55-41-45(27-25-43-29-35-47(36-30-43)64-57-21-13-9-17-51(57)61(3,4)52-18-10-14-22-58(52)64)33-39-49(55)50-40-34-46(42-56(50)63)28-26-44-31-37-48(38-32-44)65-59-23-15-11-19-53(59)62(5,6)54-20-12-16-24-60(54)65;1-4-5-6(2)3;1-3-5-4-2;1-3-4-2;3*1-2/h9-42H,7-8H2,1-6H3;4-5H,2H2,1,3H3;3-5H,1H2,2H3;3-4H,1-2H2;3*1-2H3/b27-25+,28-26+;2*5-4-;;;;. The maximum Gasteiger partial charge on any atom is 0.0502 e. The normalized spacial score (nSPS) is 13.6. The van der Waals surface area contributed by atoms with Gasteiger partial charge in [-0.15, -0.1) is 0 Å². The average molecular weight is 1140 g/mol. The minimum absolute atomic E-state index is 0.0349. The van der Waals surface area contributed by atoms with Gasteiger partial charge in [0.2, 0.25) is 0 Å². The Hall–Kier alpha value is -8.72. The van der Waals surface area contributed by atoms with Crippen LogP contribution in [0.4, 0.5) is 34.1 Å². The summed E-state index contributed by atoms with van der Waals surface area (Å²) < 4.78 is 0. The van der Waals surface area contributed by atoms with Gasteiger partial charge in [0.1, 0.15) is 0 Å². The summed E-state index contributed by atoms with van der Waals surface area (Å²) in [6.07, 6.45) is 24.0. The highest BCUT2D eigenvalue weighted by Gasteiger charge is 2.41. The average Bonchev–Trinajstić information content (AvgIpc) is 1.19. The van der Waals surface area contributed by atoms with E-state index in [2.05, 4.69) is 284 Å². The van der Waals surface area contributed by atoms with E-state index in [1.165, 1.54) is 101 Å². The number of hydrogen-bond acceptors (Lipinski definition) is 2. The van der Waals surface area contributed by atoms with E-state index in [4.69, 9.17) is 0 Å². The van der Waals surface area contributed by atoms with Crippen LogP contribution < -0.4 is 9.80 Å². The summed E-state index contributed by atoms with van der Waals surface area (Å²) in [6, 6.07) is 67.6. The minimum atomic E-state index is -0.0705. The molecule has 0 saturated heterocycles. The molecule has 0 bridgehead atoms. The molecule has 3 aliphatic rings. The zero-order valence-corrected chi connectivity index (χ0v) is 54.8. The smallest absolute Gasteiger partial charge is 0.0502 e. The Morgan fingerprint density at radius 3 is 0.942 bits per heavy atom. The number of rotatable bonds is 11. The van der Waals surface area contributed by atoms with E-state index < -0.39 is 0 Å². The fraction of sp³-hybridized carbons (Fsp3) is 0.238. The van der Waals surface area contributed by atoms with Crippen molar-refractivity contribution in [1.29, 1.82) is 0 Å². The van der Waals surface area contributed by atoms with Crippen molar-refractivity contribution in [1.82, 2.24) is 0 Å². The van der Waals surface area contributed by atoms with Crippen LogP contribution in [0.1, 0.15) is 172 Å². The van der Waals surface area contributed by atoms with Gasteiger partial charge in [-0.1, -0.05) is 315 Å². The Labute approximate surface area is 521 Å². The summed E-state index contributed by atoms with van der Waals surface area (Å²) in [6.45, 7) is 45.8. The summed E-state index contributed by atoms with van der Waals surface area (Å²) in [5.41, 5.74) is 24.1. The molecule has 2 nitrogen and oxygen atoms in total. The predicted octanol–water partition coefficient (Wildman–Crippen LogP) is 25.7. The summed E-state index contributed by atoms with van der Waals surface area (Å²) in [5.74, 6) is 0. The SMILES string of the molecule is C=C(C)/C=C\C.C=C/C=C\C.C=CC=C.CC.CC.CC.CCC1(CC)c2cc(/C=C/c3ccc(N4c5ccccc5C(C)(C)c5ccccc54)cc3)ccc2-c2ccc(/C=C/c3ccc(N4c5ccccc5C(C)(C)c5ccccc54)cc3)cc21. The molecule has 0 N–H and O–H groups in total. The third-order valence-corrected chi connectivity index (χ3v) is 16.1. The van der Waals surface area contributed by atoms with Crippen molar-refractivity contribution >= 4 is 58.4 Å². The Morgan fingerprint density at radius 1 is 0.395 bits per heavy atom. The molecule has 2 aliphatic heterocycles. The van der Waals surface area contributed by atoms with Crippen LogP contribution in [0.5, 0.6) is 0 Å². The zero-order valence-electron chi connectivity index (χ0n) is 54.8. The van der Waals surface area contributed by atoms with Gasteiger partial charge in [0.05, 0.1) is 22.7 Å². The van der Waals surface area contributed by atoms with Gasteiger partial charge in [0.15, 0.2) is 0 Å². The molecule has 1 aliphatic carbocycles. The van der Waals surface area contributed by atoms with Gasteiger partial charge >= 0.3 is 0 Å². The molecule has 444 valence electrons. The Morgan fingerprint density at radius 2 is 0.698 bits per heavy atom. The van der Waals surface area contributed by atoms with Crippen molar-refractivity contribution in [2.45, 2.75) is 133 Å². The van der Waals surface area contributed by atoms with Gasteiger partial charge in [-0.05, 0) is 149 Å². The number of hydrogen-bond donors (Lipinski definition) is 0. The van der Waals surface area contributed by atoms with Crippen molar-refractivity contribution < 1.29 is 0 Å². The van der Waals surface area contributed by atoms with E-state index in [1.54, 1.807) is 18.2 Å². The molecular formula is C84H98N2. The lowest BCUT2D eigenvalue weighted by molar-refractivity contribution is 0.490. The monoisotopic (exact) mass is 1130 g/mol. The van der Waals surface area contributed by atoms with Gasteiger partial charge in [0, 0.05) is 27.6 Å². The first-order valence-corrected chi connectivity index (χ1v) is 31.3. The minimum Gasteiger partial charge on any atom is -0.310 e. The molecule has 0 atom stereocenters. The molecule has 8 aromatic carbocycles. The van der Waals surface area contributed by atoms with E-state index in [1.807, 2.05) is 86.6 Å². The summed E-state index contributed by atoms with van der Waals surface area (Å²) >= 11 is 0. The van der Waals surface area contributed by atoms with Crippen LogP contribution in [0.25, 0.3) is 35.4 Å². The van der Waals surface area contributed by atoms with E-state index >= 15 is 0 Å². The first-order chi connectivity index (χ1) is 41.7. The lowest BCUT2D eigenvalue weighted by Gasteiger charge is -2.42. The second-order valence-corrected chi connectivity index (χ2v) is 21.8. The lowest BCUT2D eigenvalue weighted by Crippen LogP contribution is -2.30. The molecule has 2 heteroatoms. The predicted molar refractivity (Wildman–Crippen MR) is 387 cm³/mol. The molecule has 0 unspecified atom stereocenters. The molecule has 0 saturated carbocycles. The largest absolute Gasteiger partial charge is 0.310 e. The fourth-order valence-corrected chi connectivity index (χ4v) is 11.9. The van der Waals surface area contributed by atoms with Crippen LogP contribution in [0.15, 0.2) is 256 Å². The molecule has 0 spiro atoms. The molecule has 8 aromatic rings. The molecule has 2 heterocycles. The van der Waals surface area contributed by atoms with E-state index in [9.17, 15) is 0 Å². The maximum absolute atomic E-state index is 3.66. The Kier molecular flexibility index (Phi) is 25.7. The Balaban J connectivity index is 0.000000563.